The van der Waals surface area contributed by atoms with E-state index in [0.717, 1.165) is 61.7 Å². The van der Waals surface area contributed by atoms with Crippen molar-refractivity contribution in [2.45, 2.75) is 19.9 Å². The molecule has 0 aliphatic heterocycles. The molecule has 0 aliphatic rings. The van der Waals surface area contributed by atoms with Crippen LogP contribution in [0.15, 0.2) is 139 Å². The van der Waals surface area contributed by atoms with E-state index < -0.39 is 0 Å². The van der Waals surface area contributed by atoms with E-state index in [1.165, 1.54) is 0 Å². The lowest BCUT2D eigenvalue weighted by Gasteiger charge is -2.08. The standard InChI is InChI=1S/C19H15N5O.C19H17N5/c1-13(23-25)16-5-4-6-17(22-16)14-8-9-15-12-21-24(18(15)11-14)19-7-2-3-10-20-19;1-13(20)16-5-4-6-17(23-16)14-8-9-15-12-22-24(18(15)11-14)19-7-2-3-10-21-19/h2-12,25H,1H3;2-13H,20H2,1H3/b23-13+;. The van der Waals surface area contributed by atoms with Crippen LogP contribution in [0.2, 0.25) is 0 Å². The van der Waals surface area contributed by atoms with Crippen LogP contribution in [-0.2, 0) is 0 Å². The number of hydrogen-bond donors (Lipinski definition) is 2. The van der Waals surface area contributed by atoms with E-state index >= 15 is 0 Å². The van der Waals surface area contributed by atoms with Crippen LogP contribution in [0, 0.1) is 0 Å². The average Bonchev–Trinajstić information content (AvgIpc) is 3.79. The summed E-state index contributed by atoms with van der Waals surface area (Å²) >= 11 is 0. The topological polar surface area (TPSA) is 146 Å². The molecular weight excluding hydrogens is 612 g/mol. The molecule has 0 bridgehead atoms. The van der Waals surface area contributed by atoms with Crippen LogP contribution in [0.1, 0.15) is 31.3 Å². The van der Waals surface area contributed by atoms with Crippen LogP contribution in [0.25, 0.3) is 56.0 Å². The molecule has 0 fully saturated rings. The summed E-state index contributed by atoms with van der Waals surface area (Å²) in [6.45, 7) is 3.65. The maximum Gasteiger partial charge on any atom is 0.153 e. The van der Waals surface area contributed by atoms with E-state index in [0.29, 0.717) is 11.4 Å². The van der Waals surface area contributed by atoms with Gasteiger partial charge in [0.25, 0.3) is 0 Å². The SMILES string of the molecule is C/C(=N\O)c1cccc(-c2ccc3cnn(-c4ccccn4)c3c2)n1.CC(N)c1cccc(-c2ccc3cnn(-c4ccccn4)c3c2)n1. The highest BCUT2D eigenvalue weighted by molar-refractivity contribution is 5.97. The molecule has 0 spiro atoms. The van der Waals surface area contributed by atoms with Gasteiger partial charge in [-0.05, 0) is 74.5 Å². The predicted octanol–water partition coefficient (Wildman–Crippen LogP) is 7.18. The number of pyridine rings is 4. The minimum absolute atomic E-state index is 0.0901. The van der Waals surface area contributed by atoms with E-state index in [2.05, 4.69) is 53.5 Å². The Balaban J connectivity index is 0.000000154. The van der Waals surface area contributed by atoms with Gasteiger partial charge < -0.3 is 10.9 Å². The number of hydrogen-bond acceptors (Lipinski definition) is 9. The third kappa shape index (κ3) is 6.51. The Morgan fingerprint density at radius 2 is 1.22 bits per heavy atom. The van der Waals surface area contributed by atoms with Crippen molar-refractivity contribution >= 4 is 27.5 Å². The lowest BCUT2D eigenvalue weighted by Crippen LogP contribution is -2.07. The fourth-order valence-electron chi connectivity index (χ4n) is 5.39. The molecule has 8 rings (SSSR count). The second-order valence-corrected chi connectivity index (χ2v) is 11.4. The zero-order valence-corrected chi connectivity index (χ0v) is 26.8. The summed E-state index contributed by atoms with van der Waals surface area (Å²) in [7, 11) is 0. The summed E-state index contributed by atoms with van der Waals surface area (Å²) in [5, 5.41) is 23.2. The molecule has 49 heavy (non-hydrogen) atoms. The molecule has 6 heterocycles. The van der Waals surface area contributed by atoms with Gasteiger partial charge in [0, 0.05) is 40.3 Å². The van der Waals surface area contributed by atoms with Gasteiger partial charge in [-0.25, -0.2) is 24.3 Å². The van der Waals surface area contributed by atoms with Crippen LogP contribution in [0.5, 0.6) is 0 Å². The minimum atomic E-state index is -0.0901. The van der Waals surface area contributed by atoms with Crippen molar-refractivity contribution in [3.05, 3.63) is 145 Å². The Labute approximate surface area is 282 Å². The largest absolute Gasteiger partial charge is 0.411 e. The highest BCUT2D eigenvalue weighted by Crippen LogP contribution is 2.26. The van der Waals surface area contributed by atoms with Crippen LogP contribution >= 0.6 is 0 Å². The van der Waals surface area contributed by atoms with Gasteiger partial charge >= 0.3 is 0 Å². The Morgan fingerprint density at radius 1 is 0.673 bits per heavy atom. The molecule has 0 saturated heterocycles. The van der Waals surface area contributed by atoms with Gasteiger partial charge in [-0.2, -0.15) is 10.2 Å². The van der Waals surface area contributed by atoms with E-state index in [-0.39, 0.29) is 6.04 Å². The molecule has 0 radical (unpaired) electrons. The van der Waals surface area contributed by atoms with E-state index in [4.69, 9.17) is 10.9 Å². The molecule has 11 nitrogen and oxygen atoms in total. The number of aromatic nitrogens is 8. The summed E-state index contributed by atoms with van der Waals surface area (Å²) in [6.07, 6.45) is 7.18. The van der Waals surface area contributed by atoms with E-state index in [9.17, 15) is 0 Å². The number of nitrogens with zero attached hydrogens (tertiary/aromatic N) is 9. The molecular formula is C38H32N10O. The maximum atomic E-state index is 8.96. The van der Waals surface area contributed by atoms with Gasteiger partial charge in [0.05, 0.1) is 46.2 Å². The molecule has 3 N–H and O–H groups in total. The van der Waals surface area contributed by atoms with Gasteiger partial charge in [-0.3, -0.25) is 4.98 Å². The van der Waals surface area contributed by atoms with Crippen molar-refractivity contribution in [3.8, 4) is 34.2 Å². The Bertz CT molecular complexity index is 2400. The van der Waals surface area contributed by atoms with Gasteiger partial charge in [0.2, 0.25) is 0 Å². The predicted molar refractivity (Wildman–Crippen MR) is 191 cm³/mol. The summed E-state index contributed by atoms with van der Waals surface area (Å²) in [4.78, 5) is 18.0. The fraction of sp³-hybridized carbons (Fsp3) is 0.0789. The molecule has 0 saturated carbocycles. The molecule has 240 valence electrons. The first-order valence-electron chi connectivity index (χ1n) is 15.7. The van der Waals surface area contributed by atoms with Crippen LogP contribution in [-0.4, -0.2) is 50.4 Å². The smallest absolute Gasteiger partial charge is 0.153 e. The zero-order chi connectivity index (χ0) is 33.7. The van der Waals surface area contributed by atoms with Gasteiger partial charge in [0.1, 0.15) is 5.71 Å². The lowest BCUT2D eigenvalue weighted by molar-refractivity contribution is 0.319. The Hall–Kier alpha value is -6.59. The first-order valence-corrected chi connectivity index (χ1v) is 15.7. The van der Waals surface area contributed by atoms with Gasteiger partial charge in [-0.1, -0.05) is 53.7 Å². The molecule has 0 amide bonds. The van der Waals surface area contributed by atoms with Crippen molar-refractivity contribution in [2.24, 2.45) is 10.9 Å². The van der Waals surface area contributed by atoms with Gasteiger partial charge in [0.15, 0.2) is 11.6 Å². The number of fused-ring (bicyclic) bond motifs is 2. The molecule has 6 aromatic heterocycles. The summed E-state index contributed by atoms with van der Waals surface area (Å²) in [6, 6.07) is 35.2. The molecule has 11 heteroatoms. The highest BCUT2D eigenvalue weighted by atomic mass is 16.4. The normalized spacial score (nSPS) is 12.1. The third-order valence-electron chi connectivity index (χ3n) is 7.97. The third-order valence-corrected chi connectivity index (χ3v) is 7.97. The number of oxime groups is 1. The van der Waals surface area contributed by atoms with Crippen molar-refractivity contribution in [3.63, 3.8) is 0 Å². The van der Waals surface area contributed by atoms with Crippen molar-refractivity contribution in [1.82, 2.24) is 39.5 Å². The number of benzene rings is 2. The van der Waals surface area contributed by atoms with E-state index in [1.54, 1.807) is 19.3 Å². The van der Waals surface area contributed by atoms with Crippen molar-refractivity contribution in [2.75, 3.05) is 0 Å². The first-order chi connectivity index (χ1) is 24.0. The zero-order valence-electron chi connectivity index (χ0n) is 26.8. The number of nitrogens with two attached hydrogens (primary N) is 1. The quantitative estimate of drug-likeness (QED) is 0.110. The van der Waals surface area contributed by atoms with Crippen LogP contribution in [0.3, 0.4) is 0 Å². The summed E-state index contributed by atoms with van der Waals surface area (Å²) in [5.74, 6) is 1.56. The monoisotopic (exact) mass is 644 g/mol. The second kappa shape index (κ2) is 13.6. The summed E-state index contributed by atoms with van der Waals surface area (Å²) < 4.78 is 3.65. The second-order valence-electron chi connectivity index (χ2n) is 11.4. The average molecular weight is 645 g/mol. The molecule has 0 aliphatic carbocycles. The maximum absolute atomic E-state index is 8.96. The molecule has 2 aromatic carbocycles. The number of rotatable bonds is 6. The molecule has 8 aromatic rings. The van der Waals surface area contributed by atoms with Crippen LogP contribution < -0.4 is 5.73 Å². The van der Waals surface area contributed by atoms with Crippen molar-refractivity contribution < 1.29 is 5.21 Å². The fourth-order valence-corrected chi connectivity index (χ4v) is 5.39. The molecule has 1 atom stereocenters. The van der Waals surface area contributed by atoms with Gasteiger partial charge in [-0.15, -0.1) is 0 Å². The summed E-state index contributed by atoms with van der Waals surface area (Å²) in [5.41, 5.74) is 13.6. The Kier molecular flexibility index (Phi) is 8.64. The Morgan fingerprint density at radius 3 is 1.73 bits per heavy atom. The lowest BCUT2D eigenvalue weighted by atomic mass is 10.1. The molecule has 1 unspecified atom stereocenters. The van der Waals surface area contributed by atoms with E-state index in [1.807, 2.05) is 120 Å². The highest BCUT2D eigenvalue weighted by Gasteiger charge is 2.11. The first kappa shape index (κ1) is 31.0. The minimum Gasteiger partial charge on any atom is -0.411 e. The van der Waals surface area contributed by atoms with Crippen LogP contribution in [0.4, 0.5) is 0 Å². The van der Waals surface area contributed by atoms with Crippen molar-refractivity contribution in [1.29, 1.82) is 0 Å².